The van der Waals surface area contributed by atoms with Crippen LogP contribution in [0.1, 0.15) is 11.4 Å². The van der Waals surface area contributed by atoms with Gasteiger partial charge in [0.25, 0.3) is 0 Å². The van der Waals surface area contributed by atoms with E-state index in [9.17, 15) is 0 Å². The summed E-state index contributed by atoms with van der Waals surface area (Å²) in [4.78, 5) is 23.0. The lowest BCUT2D eigenvalue weighted by Gasteiger charge is -2.03. The molecule has 27 heavy (non-hydrogen) atoms. The molecule has 134 valence electrons. The molecular weight excluding hydrogens is 356 g/mol. The minimum absolute atomic E-state index is 0.602. The van der Waals surface area contributed by atoms with Gasteiger partial charge in [0.1, 0.15) is 10.7 Å². The maximum Gasteiger partial charge on any atom is 0.170 e. The summed E-state index contributed by atoms with van der Waals surface area (Å²) in [6.07, 6.45) is 3.59. The van der Waals surface area contributed by atoms with Crippen molar-refractivity contribution in [3.63, 3.8) is 0 Å². The molecule has 4 rings (SSSR count). The number of aliphatic imine (C=N–C) groups is 2. The van der Waals surface area contributed by atoms with E-state index in [4.69, 9.17) is 9.97 Å². The van der Waals surface area contributed by atoms with Crippen LogP contribution in [0.3, 0.4) is 0 Å². The number of nitrogens with zero attached hydrogens (tertiary/aromatic N) is 6. The number of amidine groups is 1. The fourth-order valence-corrected chi connectivity index (χ4v) is 4.08. The molecule has 0 saturated carbocycles. The molecule has 0 radical (unpaired) electrons. The number of fused-ring (bicyclic) bond motifs is 1. The molecule has 0 bridgehead atoms. The Morgan fingerprint density at radius 3 is 2.78 bits per heavy atom. The first-order valence-electron chi connectivity index (χ1n) is 8.41. The molecule has 4 heterocycles. The third-order valence-electron chi connectivity index (χ3n) is 4.40. The molecule has 0 spiro atoms. The molecule has 4 aromatic rings. The van der Waals surface area contributed by atoms with Crippen LogP contribution in [-0.4, -0.2) is 39.1 Å². The Balaban J connectivity index is 1.82. The fraction of sp³-hybridized carbons (Fsp3) is 0.150. The van der Waals surface area contributed by atoms with E-state index in [1.165, 1.54) is 0 Å². The van der Waals surface area contributed by atoms with Crippen molar-refractivity contribution < 1.29 is 0 Å². The van der Waals surface area contributed by atoms with Crippen LogP contribution in [0.5, 0.6) is 0 Å². The van der Waals surface area contributed by atoms with Crippen molar-refractivity contribution in [2.45, 2.75) is 6.92 Å². The Kier molecular flexibility index (Phi) is 4.37. The van der Waals surface area contributed by atoms with Crippen molar-refractivity contribution in [1.29, 1.82) is 0 Å². The molecule has 7 heteroatoms. The van der Waals surface area contributed by atoms with Gasteiger partial charge < -0.3 is 4.57 Å². The highest BCUT2D eigenvalue weighted by atomic mass is 32.1. The van der Waals surface area contributed by atoms with Crippen molar-refractivity contribution in [1.82, 2.24) is 19.5 Å². The van der Waals surface area contributed by atoms with Crippen LogP contribution < -0.4 is 0 Å². The van der Waals surface area contributed by atoms with E-state index >= 15 is 0 Å². The van der Waals surface area contributed by atoms with Crippen molar-refractivity contribution in [3.8, 4) is 21.1 Å². The summed E-state index contributed by atoms with van der Waals surface area (Å²) in [7, 11) is 3.67. The van der Waals surface area contributed by atoms with Crippen molar-refractivity contribution in [2.24, 2.45) is 17.0 Å². The highest BCUT2D eigenvalue weighted by molar-refractivity contribution is 7.18. The minimum Gasteiger partial charge on any atom is -0.326 e. The number of rotatable bonds is 3. The average Bonchev–Trinajstić information content (AvgIpc) is 3.24. The maximum absolute atomic E-state index is 4.89. The van der Waals surface area contributed by atoms with Crippen LogP contribution in [0, 0.1) is 6.92 Å². The molecule has 4 aromatic heterocycles. The SMILES string of the molecule is C=NC(=NC)c1cc2ccc(-c3sc(-c4cccnc4)nc3C)nc2n1C. The van der Waals surface area contributed by atoms with Crippen molar-refractivity contribution in [2.75, 3.05) is 7.05 Å². The summed E-state index contributed by atoms with van der Waals surface area (Å²) in [6.45, 7) is 5.61. The molecule has 0 fully saturated rings. The van der Waals surface area contributed by atoms with Gasteiger partial charge in [-0.3, -0.25) is 9.98 Å². The van der Waals surface area contributed by atoms with Gasteiger partial charge in [0.2, 0.25) is 0 Å². The molecule has 0 aliphatic carbocycles. The highest BCUT2D eigenvalue weighted by Crippen LogP contribution is 2.35. The van der Waals surface area contributed by atoms with Gasteiger partial charge in [0.15, 0.2) is 5.84 Å². The average molecular weight is 374 g/mol. The smallest absolute Gasteiger partial charge is 0.170 e. The normalized spacial score (nSPS) is 11.9. The molecule has 0 amide bonds. The zero-order valence-electron chi connectivity index (χ0n) is 15.3. The molecule has 0 unspecified atom stereocenters. The van der Waals surface area contributed by atoms with Crippen LogP contribution in [0.15, 0.2) is 52.7 Å². The first-order chi connectivity index (χ1) is 13.1. The number of aromatic nitrogens is 4. The second-order valence-electron chi connectivity index (χ2n) is 6.08. The van der Waals surface area contributed by atoms with Crippen LogP contribution in [-0.2, 0) is 7.05 Å². The van der Waals surface area contributed by atoms with Crippen LogP contribution in [0.4, 0.5) is 0 Å². The Morgan fingerprint density at radius 2 is 2.07 bits per heavy atom. The molecule has 0 aliphatic rings. The van der Waals surface area contributed by atoms with Crippen molar-refractivity contribution in [3.05, 3.63) is 54.1 Å². The van der Waals surface area contributed by atoms with Gasteiger partial charge in [-0.15, -0.1) is 11.3 Å². The van der Waals surface area contributed by atoms with Gasteiger partial charge in [-0.2, -0.15) is 0 Å². The summed E-state index contributed by atoms with van der Waals surface area (Å²) >= 11 is 1.63. The molecule has 0 saturated heterocycles. The van der Waals surface area contributed by atoms with Crippen LogP contribution in [0.2, 0.25) is 0 Å². The monoisotopic (exact) mass is 374 g/mol. The zero-order valence-corrected chi connectivity index (χ0v) is 16.2. The predicted octanol–water partition coefficient (Wildman–Crippen LogP) is 4.14. The van der Waals surface area contributed by atoms with E-state index in [0.29, 0.717) is 5.84 Å². The first kappa shape index (κ1) is 17.2. The number of aryl methyl sites for hydroxylation is 2. The third kappa shape index (κ3) is 2.96. The molecule has 6 nitrogen and oxygen atoms in total. The van der Waals surface area contributed by atoms with E-state index in [-0.39, 0.29) is 0 Å². The Bertz CT molecular complexity index is 1170. The third-order valence-corrected chi connectivity index (χ3v) is 5.63. The van der Waals surface area contributed by atoms with E-state index in [1.807, 2.05) is 49.0 Å². The maximum atomic E-state index is 4.89. The second kappa shape index (κ2) is 6.85. The van der Waals surface area contributed by atoms with Gasteiger partial charge in [0, 0.05) is 37.4 Å². The lowest BCUT2D eigenvalue weighted by Crippen LogP contribution is -2.04. The summed E-state index contributed by atoms with van der Waals surface area (Å²) in [5.74, 6) is 0.602. The molecular formula is C20H18N6S. The van der Waals surface area contributed by atoms with Crippen molar-refractivity contribution >= 4 is 34.9 Å². The quantitative estimate of drug-likeness (QED) is 0.400. The predicted molar refractivity (Wildman–Crippen MR) is 112 cm³/mol. The van der Waals surface area contributed by atoms with E-state index < -0.39 is 0 Å². The fourth-order valence-electron chi connectivity index (χ4n) is 3.05. The Hall–Kier alpha value is -3.19. The summed E-state index contributed by atoms with van der Waals surface area (Å²) in [5.41, 5.74) is 4.65. The largest absolute Gasteiger partial charge is 0.326 e. The zero-order chi connectivity index (χ0) is 19.0. The standard InChI is InChI=1S/C20H18N6S/c1-12-17(27-20(24-12)14-6-5-9-23-11-14)15-8-7-13-10-16(18(21-2)22-3)26(4)19(13)25-15/h5-11H,2H2,1,3-4H3. The van der Waals surface area contributed by atoms with Gasteiger partial charge >= 0.3 is 0 Å². The number of pyridine rings is 2. The van der Waals surface area contributed by atoms with Crippen LogP contribution in [0.25, 0.3) is 32.2 Å². The second-order valence-corrected chi connectivity index (χ2v) is 7.08. The topological polar surface area (TPSA) is 68.3 Å². The number of thiazole rings is 1. The lowest BCUT2D eigenvalue weighted by atomic mass is 10.2. The van der Waals surface area contributed by atoms with Gasteiger partial charge in [-0.05, 0) is 44.0 Å². The summed E-state index contributed by atoms with van der Waals surface area (Å²) < 4.78 is 1.99. The lowest BCUT2D eigenvalue weighted by molar-refractivity contribution is 0.933. The van der Waals surface area contributed by atoms with Gasteiger partial charge in [-0.1, -0.05) is 0 Å². The summed E-state index contributed by atoms with van der Waals surface area (Å²) in [5, 5.41) is 1.98. The molecule has 0 aromatic carbocycles. The number of hydrogen-bond donors (Lipinski definition) is 0. The van der Waals surface area contributed by atoms with Crippen LogP contribution >= 0.6 is 11.3 Å². The molecule has 0 N–H and O–H groups in total. The molecule has 0 aliphatic heterocycles. The Labute approximate surface area is 161 Å². The van der Waals surface area contributed by atoms with E-state index in [0.717, 1.165) is 43.6 Å². The van der Waals surface area contributed by atoms with E-state index in [1.54, 1.807) is 24.6 Å². The first-order valence-corrected chi connectivity index (χ1v) is 9.22. The van der Waals surface area contributed by atoms with Gasteiger partial charge in [-0.25, -0.2) is 15.0 Å². The number of hydrogen-bond acceptors (Lipinski definition) is 5. The van der Waals surface area contributed by atoms with Gasteiger partial charge in [0.05, 0.1) is 22.0 Å². The highest BCUT2D eigenvalue weighted by Gasteiger charge is 2.16. The minimum atomic E-state index is 0.602. The van der Waals surface area contributed by atoms with E-state index in [2.05, 4.69) is 27.8 Å². The summed E-state index contributed by atoms with van der Waals surface area (Å²) in [6, 6.07) is 10.1. The molecule has 0 atom stereocenters. The Morgan fingerprint density at radius 1 is 1.22 bits per heavy atom.